The Hall–Kier alpha value is -2.99. The lowest BCUT2D eigenvalue weighted by atomic mass is 10.2. The molecule has 1 atom stereocenters. The number of rotatable bonds is 7. The van der Waals surface area contributed by atoms with Crippen LogP contribution in [0.2, 0.25) is 0 Å². The van der Waals surface area contributed by atoms with Gasteiger partial charge >= 0.3 is 5.69 Å². The molecule has 2 heterocycles. The van der Waals surface area contributed by atoms with Gasteiger partial charge in [-0.15, -0.1) is 0 Å². The van der Waals surface area contributed by atoms with Gasteiger partial charge in [-0.2, -0.15) is 0 Å². The molecular formula is C16H21N7O4S. The van der Waals surface area contributed by atoms with Gasteiger partial charge < -0.3 is 15.5 Å². The average molecular weight is 407 g/mol. The number of benzene rings is 1. The molecule has 0 aliphatic carbocycles. The Balaban J connectivity index is 1.82. The number of nitrogens with two attached hydrogens (primary N) is 1. The maximum atomic E-state index is 11.7. The summed E-state index contributed by atoms with van der Waals surface area (Å²) in [5, 5.41) is 22.6. The van der Waals surface area contributed by atoms with Gasteiger partial charge in [0.05, 0.1) is 4.92 Å². The quantitative estimate of drug-likeness (QED) is 0.452. The second-order valence-corrected chi connectivity index (χ2v) is 7.87. The first-order chi connectivity index (χ1) is 13.3. The van der Waals surface area contributed by atoms with Crippen molar-refractivity contribution in [2.75, 3.05) is 35.7 Å². The van der Waals surface area contributed by atoms with Gasteiger partial charge in [0.2, 0.25) is 10.0 Å². The third kappa shape index (κ3) is 4.12. The molecule has 2 aromatic rings. The van der Waals surface area contributed by atoms with Crippen molar-refractivity contribution >= 4 is 33.0 Å². The summed E-state index contributed by atoms with van der Waals surface area (Å²) in [6.45, 7) is 1.18. The Bertz CT molecular complexity index is 983. The van der Waals surface area contributed by atoms with Gasteiger partial charge in [0, 0.05) is 32.2 Å². The number of hydrogen-bond acceptors (Lipinski definition) is 9. The SMILES string of the molecule is CNc1cc(N2CCC[C@@H]2CNc2cccc(S(N)(=O)=O)c2[N+](=O)[O-])ncn1. The Morgan fingerprint density at radius 1 is 1.39 bits per heavy atom. The third-order valence-electron chi connectivity index (χ3n) is 4.60. The van der Waals surface area contributed by atoms with Gasteiger partial charge in [0.1, 0.15) is 23.7 Å². The van der Waals surface area contributed by atoms with Crippen LogP contribution in [0.25, 0.3) is 0 Å². The molecule has 0 bridgehead atoms. The zero-order chi connectivity index (χ0) is 20.3. The fraction of sp³-hybridized carbons (Fsp3) is 0.375. The molecule has 4 N–H and O–H groups in total. The maximum absolute atomic E-state index is 11.7. The van der Waals surface area contributed by atoms with Crippen molar-refractivity contribution in [2.24, 2.45) is 5.14 Å². The molecule has 0 spiro atoms. The van der Waals surface area contributed by atoms with E-state index in [9.17, 15) is 18.5 Å². The first kappa shape index (κ1) is 19.8. The summed E-state index contributed by atoms with van der Waals surface area (Å²) in [5.74, 6) is 1.46. The number of para-hydroxylation sites is 1. The van der Waals surface area contributed by atoms with E-state index >= 15 is 0 Å². The van der Waals surface area contributed by atoms with E-state index < -0.39 is 25.5 Å². The Labute approximate surface area is 162 Å². The highest BCUT2D eigenvalue weighted by molar-refractivity contribution is 7.89. The highest BCUT2D eigenvalue weighted by Crippen LogP contribution is 2.32. The van der Waals surface area contributed by atoms with Gasteiger partial charge in [-0.1, -0.05) is 6.07 Å². The minimum atomic E-state index is -4.22. The maximum Gasteiger partial charge on any atom is 0.312 e. The highest BCUT2D eigenvalue weighted by Gasteiger charge is 2.29. The number of nitrogens with one attached hydrogen (secondary N) is 2. The van der Waals surface area contributed by atoms with Gasteiger partial charge in [0.25, 0.3) is 0 Å². The normalized spacial score (nSPS) is 16.8. The molecule has 3 rings (SSSR count). The van der Waals surface area contributed by atoms with Crippen molar-refractivity contribution in [3.05, 3.63) is 40.7 Å². The number of nitro benzene ring substituents is 1. The molecule has 0 unspecified atom stereocenters. The summed E-state index contributed by atoms with van der Waals surface area (Å²) in [4.78, 5) is 20.7. The third-order valence-corrected chi connectivity index (χ3v) is 5.54. The monoisotopic (exact) mass is 407 g/mol. The molecular weight excluding hydrogens is 386 g/mol. The molecule has 1 aliphatic heterocycles. The molecule has 12 heteroatoms. The van der Waals surface area contributed by atoms with Crippen LogP contribution in [-0.2, 0) is 10.0 Å². The van der Waals surface area contributed by atoms with Crippen LogP contribution < -0.4 is 20.7 Å². The van der Waals surface area contributed by atoms with Gasteiger partial charge in [-0.25, -0.2) is 23.5 Å². The van der Waals surface area contributed by atoms with E-state index in [1.165, 1.54) is 18.5 Å². The predicted octanol–water partition coefficient (Wildman–Crippen LogP) is 1.15. The standard InChI is InChI=1S/C16H21N7O4S/c1-18-14-8-15(21-10-20-14)22-7-3-4-11(22)9-19-12-5-2-6-13(28(17,26)27)16(12)23(24)25/h2,5-6,8,10-11,19H,3-4,7,9H2,1H3,(H2,17,26,27)(H,18,20,21)/t11-/m1/s1. The number of sulfonamides is 1. The molecule has 0 radical (unpaired) electrons. The zero-order valence-corrected chi connectivity index (χ0v) is 16.0. The number of hydrogen-bond donors (Lipinski definition) is 3. The number of anilines is 3. The van der Waals surface area contributed by atoms with Crippen molar-refractivity contribution in [3.8, 4) is 0 Å². The topological polar surface area (TPSA) is 156 Å². The Morgan fingerprint density at radius 2 is 2.18 bits per heavy atom. The molecule has 150 valence electrons. The summed E-state index contributed by atoms with van der Waals surface area (Å²) < 4.78 is 23.4. The van der Waals surface area contributed by atoms with Gasteiger partial charge in [-0.05, 0) is 25.0 Å². The Morgan fingerprint density at radius 3 is 2.86 bits per heavy atom. The molecule has 28 heavy (non-hydrogen) atoms. The molecule has 0 saturated carbocycles. The van der Waals surface area contributed by atoms with Crippen LogP contribution in [0.5, 0.6) is 0 Å². The van der Waals surface area contributed by atoms with Crippen molar-refractivity contribution in [1.82, 2.24) is 9.97 Å². The van der Waals surface area contributed by atoms with Crippen molar-refractivity contribution in [3.63, 3.8) is 0 Å². The van der Waals surface area contributed by atoms with Crippen molar-refractivity contribution < 1.29 is 13.3 Å². The van der Waals surface area contributed by atoms with E-state index in [0.29, 0.717) is 12.4 Å². The molecule has 1 saturated heterocycles. The van der Waals surface area contributed by atoms with Crippen LogP contribution >= 0.6 is 0 Å². The van der Waals surface area contributed by atoms with Crippen LogP contribution in [0.15, 0.2) is 35.5 Å². The van der Waals surface area contributed by atoms with Crippen LogP contribution in [0.1, 0.15) is 12.8 Å². The second-order valence-electron chi connectivity index (χ2n) is 6.34. The first-order valence-electron chi connectivity index (χ1n) is 8.61. The van der Waals surface area contributed by atoms with E-state index in [0.717, 1.165) is 31.3 Å². The largest absolute Gasteiger partial charge is 0.377 e. The van der Waals surface area contributed by atoms with Crippen LogP contribution in [0.4, 0.5) is 23.0 Å². The summed E-state index contributed by atoms with van der Waals surface area (Å²) >= 11 is 0. The number of nitro groups is 1. The molecule has 1 aliphatic rings. The predicted molar refractivity (Wildman–Crippen MR) is 105 cm³/mol. The minimum Gasteiger partial charge on any atom is -0.377 e. The summed E-state index contributed by atoms with van der Waals surface area (Å²) in [5.41, 5.74) is -0.434. The molecule has 1 fully saturated rings. The summed E-state index contributed by atoms with van der Waals surface area (Å²) in [6, 6.07) is 5.89. The van der Waals surface area contributed by atoms with Crippen LogP contribution in [-0.4, -0.2) is 49.5 Å². The van der Waals surface area contributed by atoms with E-state index in [2.05, 4.69) is 25.5 Å². The van der Waals surface area contributed by atoms with Gasteiger partial charge in [-0.3, -0.25) is 10.1 Å². The Kier molecular flexibility index (Phi) is 5.61. The first-order valence-corrected chi connectivity index (χ1v) is 10.2. The fourth-order valence-corrected chi connectivity index (χ4v) is 4.02. The van der Waals surface area contributed by atoms with E-state index in [-0.39, 0.29) is 11.7 Å². The van der Waals surface area contributed by atoms with E-state index in [1.807, 2.05) is 6.07 Å². The molecule has 1 aromatic carbocycles. The minimum absolute atomic E-state index is 0.0392. The van der Waals surface area contributed by atoms with Crippen molar-refractivity contribution in [1.29, 1.82) is 0 Å². The fourth-order valence-electron chi connectivity index (χ4n) is 3.30. The van der Waals surface area contributed by atoms with E-state index in [4.69, 9.17) is 5.14 Å². The molecule has 11 nitrogen and oxygen atoms in total. The van der Waals surface area contributed by atoms with Gasteiger partial charge in [0.15, 0.2) is 4.90 Å². The lowest BCUT2D eigenvalue weighted by Crippen LogP contribution is -2.35. The van der Waals surface area contributed by atoms with Crippen LogP contribution in [0.3, 0.4) is 0 Å². The number of aromatic nitrogens is 2. The zero-order valence-electron chi connectivity index (χ0n) is 15.2. The van der Waals surface area contributed by atoms with E-state index in [1.54, 1.807) is 7.05 Å². The van der Waals surface area contributed by atoms with Crippen LogP contribution in [0, 0.1) is 10.1 Å². The summed E-state index contributed by atoms with van der Waals surface area (Å²) in [7, 11) is -2.45. The smallest absolute Gasteiger partial charge is 0.312 e. The second kappa shape index (κ2) is 7.94. The molecule has 1 aromatic heterocycles. The number of nitrogens with zero attached hydrogens (tertiary/aromatic N) is 4. The molecule has 0 amide bonds. The average Bonchev–Trinajstić information content (AvgIpc) is 3.14. The highest BCUT2D eigenvalue weighted by atomic mass is 32.2. The lowest BCUT2D eigenvalue weighted by Gasteiger charge is -2.26. The lowest BCUT2D eigenvalue weighted by molar-refractivity contribution is -0.386. The van der Waals surface area contributed by atoms with Crippen molar-refractivity contribution in [2.45, 2.75) is 23.8 Å². The number of primary sulfonamides is 1. The summed E-state index contributed by atoms with van der Waals surface area (Å²) in [6.07, 6.45) is 3.30.